The van der Waals surface area contributed by atoms with Gasteiger partial charge in [-0.15, -0.1) is 0 Å². The Labute approximate surface area is 124 Å². The zero-order valence-electron chi connectivity index (χ0n) is 11.6. The Hall–Kier alpha value is -2.32. The van der Waals surface area contributed by atoms with E-state index < -0.39 is 9.84 Å². The third-order valence-corrected chi connectivity index (χ3v) is 4.54. The van der Waals surface area contributed by atoms with Gasteiger partial charge in [0.05, 0.1) is 30.2 Å². The van der Waals surface area contributed by atoms with Crippen molar-refractivity contribution < 1.29 is 13.2 Å². The number of hydrogen-bond acceptors (Lipinski definition) is 4. The predicted octanol–water partition coefficient (Wildman–Crippen LogP) is 2.68. The molecule has 0 aliphatic carbocycles. The lowest BCUT2D eigenvalue weighted by molar-refractivity contribution is 0.411. The van der Waals surface area contributed by atoms with E-state index in [9.17, 15) is 8.42 Å². The Kier molecular flexibility index (Phi) is 4.61. The second-order valence-electron chi connectivity index (χ2n) is 4.66. The van der Waals surface area contributed by atoms with Gasteiger partial charge in [0.25, 0.3) is 0 Å². The van der Waals surface area contributed by atoms with Gasteiger partial charge >= 0.3 is 0 Å². The molecule has 4 nitrogen and oxygen atoms in total. The van der Waals surface area contributed by atoms with Gasteiger partial charge in [-0.1, -0.05) is 30.3 Å². The first-order valence-electron chi connectivity index (χ1n) is 6.35. The third kappa shape index (κ3) is 4.07. The minimum absolute atomic E-state index is 0.0340. The van der Waals surface area contributed by atoms with Gasteiger partial charge in [-0.2, -0.15) is 5.26 Å². The molecule has 0 N–H and O–H groups in total. The number of nitriles is 1. The molecular weight excluding hydrogens is 286 g/mol. The Bertz CT molecular complexity index is 762. The van der Waals surface area contributed by atoms with E-state index in [4.69, 9.17) is 10.00 Å². The largest absolute Gasteiger partial charge is 0.496 e. The summed E-state index contributed by atoms with van der Waals surface area (Å²) in [7, 11) is -1.85. The Balaban J connectivity index is 2.26. The number of sulfone groups is 1. The summed E-state index contributed by atoms with van der Waals surface area (Å²) in [4.78, 5) is 0. The van der Waals surface area contributed by atoms with E-state index in [2.05, 4.69) is 0 Å². The molecule has 0 spiro atoms. The highest BCUT2D eigenvalue weighted by Gasteiger charge is 2.16. The molecule has 0 unspecified atom stereocenters. The van der Waals surface area contributed by atoms with Crippen LogP contribution in [0.3, 0.4) is 0 Å². The van der Waals surface area contributed by atoms with Crippen LogP contribution in [0.4, 0.5) is 0 Å². The number of ether oxygens (including phenoxy) is 1. The van der Waals surface area contributed by atoms with E-state index >= 15 is 0 Å². The predicted molar refractivity (Wildman–Crippen MR) is 80.5 cm³/mol. The highest BCUT2D eigenvalue weighted by Crippen LogP contribution is 2.23. The first-order chi connectivity index (χ1) is 10.0. The molecule has 0 aliphatic rings. The van der Waals surface area contributed by atoms with Gasteiger partial charge in [0, 0.05) is 5.56 Å². The van der Waals surface area contributed by atoms with Gasteiger partial charge in [-0.05, 0) is 23.8 Å². The number of rotatable bonds is 5. The van der Waals surface area contributed by atoms with E-state index in [1.807, 2.05) is 24.3 Å². The highest BCUT2D eigenvalue weighted by molar-refractivity contribution is 7.89. The van der Waals surface area contributed by atoms with E-state index in [0.29, 0.717) is 16.9 Å². The van der Waals surface area contributed by atoms with E-state index in [1.54, 1.807) is 30.3 Å². The van der Waals surface area contributed by atoms with Crippen molar-refractivity contribution in [1.29, 1.82) is 5.26 Å². The summed E-state index contributed by atoms with van der Waals surface area (Å²) in [6.45, 7) is 0. The standard InChI is InChI=1S/C16H15NO3S/c1-20-16-8-7-14(10-17)9-15(16)12-21(18,19)11-13-5-3-2-4-6-13/h2-9H,11-12H2,1H3. The molecule has 0 bridgehead atoms. The van der Waals surface area contributed by atoms with Crippen molar-refractivity contribution in [2.75, 3.05) is 7.11 Å². The SMILES string of the molecule is COc1ccc(C#N)cc1CS(=O)(=O)Cc1ccccc1. The lowest BCUT2D eigenvalue weighted by Crippen LogP contribution is -2.08. The van der Waals surface area contributed by atoms with Gasteiger partial charge in [0.2, 0.25) is 0 Å². The summed E-state index contributed by atoms with van der Waals surface area (Å²) in [5.41, 5.74) is 1.67. The van der Waals surface area contributed by atoms with Gasteiger partial charge in [0.1, 0.15) is 5.75 Å². The molecule has 0 fully saturated rings. The quantitative estimate of drug-likeness (QED) is 0.851. The van der Waals surface area contributed by atoms with Crippen molar-refractivity contribution in [2.24, 2.45) is 0 Å². The van der Waals surface area contributed by atoms with Crippen molar-refractivity contribution in [2.45, 2.75) is 11.5 Å². The summed E-state index contributed by atoms with van der Waals surface area (Å²) in [5.74, 6) is 0.291. The topological polar surface area (TPSA) is 67.2 Å². The Morgan fingerprint density at radius 1 is 1.10 bits per heavy atom. The fraction of sp³-hybridized carbons (Fsp3) is 0.188. The lowest BCUT2D eigenvalue weighted by Gasteiger charge is -2.10. The molecule has 0 aliphatic heterocycles. The first kappa shape index (κ1) is 15.1. The fourth-order valence-electron chi connectivity index (χ4n) is 2.08. The molecule has 0 amide bonds. The fourth-order valence-corrected chi connectivity index (χ4v) is 3.58. The summed E-state index contributed by atoms with van der Waals surface area (Å²) >= 11 is 0. The minimum Gasteiger partial charge on any atom is -0.496 e. The molecule has 0 heterocycles. The molecule has 0 aromatic heterocycles. The van der Waals surface area contributed by atoms with Gasteiger partial charge in [-0.3, -0.25) is 0 Å². The van der Waals surface area contributed by atoms with E-state index in [0.717, 1.165) is 5.56 Å². The molecule has 0 atom stereocenters. The molecule has 5 heteroatoms. The minimum atomic E-state index is -3.33. The molecule has 2 aromatic carbocycles. The van der Waals surface area contributed by atoms with Crippen molar-refractivity contribution in [1.82, 2.24) is 0 Å². The van der Waals surface area contributed by atoms with Crippen LogP contribution in [0.2, 0.25) is 0 Å². The number of benzene rings is 2. The lowest BCUT2D eigenvalue weighted by atomic mass is 10.1. The zero-order chi connectivity index (χ0) is 15.3. The van der Waals surface area contributed by atoms with Crippen LogP contribution in [-0.4, -0.2) is 15.5 Å². The van der Waals surface area contributed by atoms with Crippen LogP contribution in [0, 0.1) is 11.3 Å². The van der Waals surface area contributed by atoms with Crippen molar-refractivity contribution >= 4 is 9.84 Å². The van der Waals surface area contributed by atoms with Crippen LogP contribution in [0.25, 0.3) is 0 Å². The maximum atomic E-state index is 12.3. The van der Waals surface area contributed by atoms with Crippen LogP contribution in [0.5, 0.6) is 5.75 Å². The maximum absolute atomic E-state index is 12.3. The summed E-state index contributed by atoms with van der Waals surface area (Å²) in [5, 5.41) is 8.92. The van der Waals surface area contributed by atoms with Crippen LogP contribution < -0.4 is 4.74 Å². The van der Waals surface area contributed by atoms with Crippen LogP contribution in [0.1, 0.15) is 16.7 Å². The van der Waals surface area contributed by atoms with Crippen LogP contribution >= 0.6 is 0 Å². The normalized spacial score (nSPS) is 10.9. The van der Waals surface area contributed by atoms with Gasteiger partial charge in [0.15, 0.2) is 9.84 Å². The molecule has 0 radical (unpaired) electrons. The number of hydrogen-bond donors (Lipinski definition) is 0. The zero-order valence-corrected chi connectivity index (χ0v) is 12.4. The third-order valence-electron chi connectivity index (χ3n) is 3.01. The second-order valence-corrected chi connectivity index (χ2v) is 6.72. The summed E-state index contributed by atoms with van der Waals surface area (Å²) in [6, 6.07) is 15.8. The van der Waals surface area contributed by atoms with Crippen LogP contribution in [-0.2, 0) is 21.3 Å². The maximum Gasteiger partial charge on any atom is 0.158 e. The average molecular weight is 301 g/mol. The van der Waals surface area contributed by atoms with Crippen molar-refractivity contribution in [3.8, 4) is 11.8 Å². The average Bonchev–Trinajstić information content (AvgIpc) is 2.47. The monoisotopic (exact) mass is 301 g/mol. The number of nitrogens with zero attached hydrogens (tertiary/aromatic N) is 1. The van der Waals surface area contributed by atoms with Crippen LogP contribution in [0.15, 0.2) is 48.5 Å². The highest BCUT2D eigenvalue weighted by atomic mass is 32.2. The second kappa shape index (κ2) is 6.42. The molecule has 2 rings (SSSR count). The molecule has 21 heavy (non-hydrogen) atoms. The molecule has 0 saturated carbocycles. The number of methoxy groups -OCH3 is 1. The Morgan fingerprint density at radius 3 is 2.43 bits per heavy atom. The van der Waals surface area contributed by atoms with E-state index in [1.165, 1.54) is 7.11 Å². The van der Waals surface area contributed by atoms with Crippen molar-refractivity contribution in [3.63, 3.8) is 0 Å². The van der Waals surface area contributed by atoms with Gasteiger partial charge in [-0.25, -0.2) is 8.42 Å². The van der Waals surface area contributed by atoms with E-state index in [-0.39, 0.29) is 11.5 Å². The van der Waals surface area contributed by atoms with Gasteiger partial charge < -0.3 is 4.74 Å². The molecule has 0 saturated heterocycles. The molecule has 108 valence electrons. The summed E-state index contributed by atoms with van der Waals surface area (Å²) < 4.78 is 29.8. The Morgan fingerprint density at radius 2 is 1.81 bits per heavy atom. The summed E-state index contributed by atoms with van der Waals surface area (Å²) in [6.07, 6.45) is 0. The van der Waals surface area contributed by atoms with Crippen molar-refractivity contribution in [3.05, 3.63) is 65.2 Å². The first-order valence-corrected chi connectivity index (χ1v) is 8.17. The molecular formula is C16H15NO3S. The molecule has 2 aromatic rings. The smallest absolute Gasteiger partial charge is 0.158 e.